The molecule has 0 saturated heterocycles. The number of amides is 1. The molecule has 3 aromatic rings. The molecule has 1 N–H and O–H groups in total. The summed E-state index contributed by atoms with van der Waals surface area (Å²) in [6, 6.07) is 7.61. The summed E-state index contributed by atoms with van der Waals surface area (Å²) in [5.74, 6) is 1.31. The number of hydrogen-bond acceptors (Lipinski definition) is 6. The van der Waals surface area contributed by atoms with Crippen molar-refractivity contribution in [2.24, 2.45) is 7.05 Å². The number of hydrogen-bond donors (Lipinski definition) is 1. The molecule has 3 rings (SSSR count). The number of benzene rings is 1. The lowest BCUT2D eigenvalue weighted by Gasteiger charge is -2.12. The van der Waals surface area contributed by atoms with Crippen molar-refractivity contribution in [3.8, 4) is 5.75 Å². The number of carbonyl (C=O) groups excluding carboxylic acids is 1. The Morgan fingerprint density at radius 1 is 1.32 bits per heavy atom. The lowest BCUT2D eigenvalue weighted by molar-refractivity contribution is -0.130. The van der Waals surface area contributed by atoms with Crippen LogP contribution in [0.1, 0.15) is 5.56 Å². The molecule has 8 heteroatoms. The van der Waals surface area contributed by atoms with Gasteiger partial charge in [-0.25, -0.2) is 9.97 Å². The summed E-state index contributed by atoms with van der Waals surface area (Å²) in [5, 5.41) is 8.36. The third kappa shape index (κ3) is 3.85. The molecule has 0 fully saturated rings. The van der Waals surface area contributed by atoms with Crippen LogP contribution < -0.4 is 10.1 Å². The topological polar surface area (TPSA) is 85.2 Å². The fourth-order valence-corrected chi connectivity index (χ4v) is 2.31. The fraction of sp³-hybridized carbons (Fsp3) is 0.294. The van der Waals surface area contributed by atoms with Crippen LogP contribution in [0, 0.1) is 0 Å². The van der Waals surface area contributed by atoms with Crippen molar-refractivity contribution in [3.05, 3.63) is 42.4 Å². The summed E-state index contributed by atoms with van der Waals surface area (Å²) in [6.45, 7) is 0.589. The molecule has 25 heavy (non-hydrogen) atoms. The Kier molecular flexibility index (Phi) is 4.78. The predicted octanol–water partition coefficient (Wildman–Crippen LogP) is 1.44. The SMILES string of the molecule is CN(C)C(=O)COc1cccc(CNc2ncnc3c2cnn3C)c1. The molecule has 0 spiro atoms. The zero-order valence-electron chi connectivity index (χ0n) is 14.4. The highest BCUT2D eigenvalue weighted by Gasteiger charge is 2.08. The van der Waals surface area contributed by atoms with E-state index in [0.717, 1.165) is 22.4 Å². The van der Waals surface area contributed by atoms with Gasteiger partial charge < -0.3 is 15.0 Å². The zero-order valence-corrected chi connectivity index (χ0v) is 14.4. The average Bonchev–Trinajstić information content (AvgIpc) is 3.00. The van der Waals surface area contributed by atoms with Gasteiger partial charge in [-0.15, -0.1) is 0 Å². The van der Waals surface area contributed by atoms with Crippen LogP contribution in [0.25, 0.3) is 11.0 Å². The van der Waals surface area contributed by atoms with E-state index >= 15 is 0 Å². The van der Waals surface area contributed by atoms with E-state index in [0.29, 0.717) is 12.3 Å². The number of aryl methyl sites for hydroxylation is 1. The number of anilines is 1. The first-order valence-corrected chi connectivity index (χ1v) is 7.83. The summed E-state index contributed by atoms with van der Waals surface area (Å²) in [5.41, 5.74) is 1.79. The predicted molar refractivity (Wildman–Crippen MR) is 94.3 cm³/mol. The summed E-state index contributed by atoms with van der Waals surface area (Å²) in [4.78, 5) is 21.6. The van der Waals surface area contributed by atoms with Gasteiger partial charge in [0.2, 0.25) is 0 Å². The Labute approximate surface area is 145 Å². The lowest BCUT2D eigenvalue weighted by atomic mass is 10.2. The highest BCUT2D eigenvalue weighted by Crippen LogP contribution is 2.19. The minimum atomic E-state index is -0.0801. The monoisotopic (exact) mass is 340 g/mol. The van der Waals surface area contributed by atoms with Crippen molar-refractivity contribution < 1.29 is 9.53 Å². The number of nitrogens with zero attached hydrogens (tertiary/aromatic N) is 5. The van der Waals surface area contributed by atoms with Crippen molar-refractivity contribution in [2.45, 2.75) is 6.54 Å². The molecule has 130 valence electrons. The average molecular weight is 340 g/mol. The van der Waals surface area contributed by atoms with Crippen LogP contribution in [-0.2, 0) is 18.4 Å². The largest absolute Gasteiger partial charge is 0.484 e. The first-order chi connectivity index (χ1) is 12.0. The van der Waals surface area contributed by atoms with Gasteiger partial charge in [0.05, 0.1) is 11.6 Å². The highest BCUT2D eigenvalue weighted by atomic mass is 16.5. The van der Waals surface area contributed by atoms with Crippen molar-refractivity contribution in [1.82, 2.24) is 24.6 Å². The van der Waals surface area contributed by atoms with Gasteiger partial charge in [-0.2, -0.15) is 5.10 Å². The van der Waals surface area contributed by atoms with Crippen LogP contribution in [0.5, 0.6) is 5.75 Å². The second-order valence-electron chi connectivity index (χ2n) is 5.81. The van der Waals surface area contributed by atoms with E-state index in [2.05, 4.69) is 20.4 Å². The Balaban J connectivity index is 1.67. The molecule has 0 saturated carbocycles. The molecule has 2 aromatic heterocycles. The fourth-order valence-electron chi connectivity index (χ4n) is 2.31. The number of aromatic nitrogens is 4. The maximum atomic E-state index is 11.6. The highest BCUT2D eigenvalue weighted by molar-refractivity contribution is 5.85. The van der Waals surface area contributed by atoms with Crippen LogP contribution in [0.2, 0.25) is 0 Å². The minimum Gasteiger partial charge on any atom is -0.484 e. The standard InChI is InChI=1S/C17H20N6O2/c1-22(2)15(24)10-25-13-6-4-5-12(7-13)8-18-16-14-9-21-23(3)17(14)20-11-19-16/h4-7,9,11H,8,10H2,1-3H3,(H,18,19,20). The first-order valence-electron chi connectivity index (χ1n) is 7.83. The minimum absolute atomic E-state index is 0.0199. The van der Waals surface area contributed by atoms with Gasteiger partial charge in [0.1, 0.15) is 17.9 Å². The number of rotatable bonds is 6. The van der Waals surface area contributed by atoms with Crippen LogP contribution in [0.3, 0.4) is 0 Å². The van der Waals surface area contributed by atoms with Crippen LogP contribution in [0.4, 0.5) is 5.82 Å². The zero-order chi connectivity index (χ0) is 17.8. The molecular weight excluding hydrogens is 320 g/mol. The molecule has 0 aliphatic rings. The Morgan fingerprint density at radius 2 is 2.16 bits per heavy atom. The molecule has 1 aromatic carbocycles. The van der Waals surface area contributed by atoms with Gasteiger partial charge in [0.25, 0.3) is 5.91 Å². The van der Waals surface area contributed by atoms with E-state index < -0.39 is 0 Å². The van der Waals surface area contributed by atoms with E-state index in [4.69, 9.17) is 4.74 Å². The maximum Gasteiger partial charge on any atom is 0.259 e. The van der Waals surface area contributed by atoms with Gasteiger partial charge in [-0.05, 0) is 17.7 Å². The van der Waals surface area contributed by atoms with Gasteiger partial charge in [-0.3, -0.25) is 9.48 Å². The Bertz CT molecular complexity index is 890. The van der Waals surface area contributed by atoms with Crippen LogP contribution in [-0.4, -0.2) is 51.3 Å². The van der Waals surface area contributed by atoms with Crippen LogP contribution >= 0.6 is 0 Å². The molecule has 0 aliphatic carbocycles. The molecule has 8 nitrogen and oxygen atoms in total. The van der Waals surface area contributed by atoms with Crippen molar-refractivity contribution in [2.75, 3.05) is 26.0 Å². The van der Waals surface area contributed by atoms with E-state index in [1.165, 1.54) is 11.2 Å². The molecule has 0 atom stereocenters. The number of likely N-dealkylation sites (N-methyl/N-ethyl adjacent to an activating group) is 1. The third-order valence-electron chi connectivity index (χ3n) is 3.75. The maximum absolute atomic E-state index is 11.6. The lowest BCUT2D eigenvalue weighted by Crippen LogP contribution is -2.27. The smallest absolute Gasteiger partial charge is 0.259 e. The molecule has 1 amide bonds. The van der Waals surface area contributed by atoms with E-state index in [-0.39, 0.29) is 12.5 Å². The molecule has 2 heterocycles. The number of fused-ring (bicyclic) bond motifs is 1. The Morgan fingerprint density at radius 3 is 2.96 bits per heavy atom. The van der Waals surface area contributed by atoms with Crippen molar-refractivity contribution >= 4 is 22.8 Å². The molecule has 0 radical (unpaired) electrons. The van der Waals surface area contributed by atoms with Crippen molar-refractivity contribution in [3.63, 3.8) is 0 Å². The van der Waals surface area contributed by atoms with E-state index in [1.807, 2.05) is 31.3 Å². The normalized spacial score (nSPS) is 10.7. The molecular formula is C17H20N6O2. The molecule has 0 aliphatic heterocycles. The van der Waals surface area contributed by atoms with Gasteiger partial charge in [-0.1, -0.05) is 12.1 Å². The van der Waals surface area contributed by atoms with Crippen LogP contribution in [0.15, 0.2) is 36.8 Å². The third-order valence-corrected chi connectivity index (χ3v) is 3.75. The summed E-state index contributed by atoms with van der Waals surface area (Å²) < 4.78 is 7.24. The first kappa shape index (κ1) is 16.7. The second-order valence-corrected chi connectivity index (χ2v) is 5.81. The van der Waals surface area contributed by atoms with Crippen molar-refractivity contribution in [1.29, 1.82) is 0 Å². The Hall–Kier alpha value is -3.16. The van der Waals surface area contributed by atoms with E-state index in [1.54, 1.807) is 25.0 Å². The second kappa shape index (κ2) is 7.16. The summed E-state index contributed by atoms with van der Waals surface area (Å²) in [7, 11) is 5.24. The number of ether oxygens (including phenoxy) is 1. The number of carbonyl (C=O) groups is 1. The molecule has 0 bridgehead atoms. The van der Waals surface area contributed by atoms with E-state index in [9.17, 15) is 4.79 Å². The number of nitrogens with one attached hydrogen (secondary N) is 1. The van der Waals surface area contributed by atoms with Gasteiger partial charge >= 0.3 is 0 Å². The summed E-state index contributed by atoms with van der Waals surface area (Å²) >= 11 is 0. The quantitative estimate of drug-likeness (QED) is 0.731. The summed E-state index contributed by atoms with van der Waals surface area (Å²) in [6.07, 6.45) is 3.25. The molecule has 0 unspecified atom stereocenters. The van der Waals surface area contributed by atoms with Gasteiger partial charge in [0.15, 0.2) is 12.3 Å². The van der Waals surface area contributed by atoms with Gasteiger partial charge in [0, 0.05) is 27.7 Å².